The molecular formula is C20H29N3O5. The third-order valence-electron chi connectivity index (χ3n) is 4.25. The van der Waals surface area contributed by atoms with E-state index >= 15 is 0 Å². The topological polar surface area (TPSA) is 97.0 Å². The summed E-state index contributed by atoms with van der Waals surface area (Å²) in [6.07, 6.45) is 0.882. The Labute approximate surface area is 165 Å². The summed E-state index contributed by atoms with van der Waals surface area (Å²) < 4.78 is 10.4. The number of benzene rings is 1. The molecule has 0 radical (unpaired) electrons. The predicted molar refractivity (Wildman–Crippen MR) is 104 cm³/mol. The second kappa shape index (κ2) is 9.43. The third kappa shape index (κ3) is 6.14. The van der Waals surface area contributed by atoms with Crippen molar-refractivity contribution in [2.45, 2.75) is 45.3 Å². The molecule has 1 aliphatic rings. The molecule has 0 aliphatic carbocycles. The second-order valence-corrected chi connectivity index (χ2v) is 7.61. The van der Waals surface area contributed by atoms with Crippen LogP contribution in [0.5, 0.6) is 5.75 Å². The number of rotatable bonds is 6. The molecule has 8 heteroatoms. The first-order chi connectivity index (χ1) is 13.2. The van der Waals surface area contributed by atoms with Gasteiger partial charge >= 0.3 is 6.09 Å². The van der Waals surface area contributed by atoms with Gasteiger partial charge in [0.2, 0.25) is 5.91 Å². The molecule has 0 saturated carbocycles. The third-order valence-corrected chi connectivity index (χ3v) is 4.25. The van der Waals surface area contributed by atoms with Crippen LogP contribution in [-0.2, 0) is 9.53 Å². The quantitative estimate of drug-likeness (QED) is 0.723. The van der Waals surface area contributed by atoms with Crippen LogP contribution < -0.4 is 15.4 Å². The van der Waals surface area contributed by atoms with E-state index in [-0.39, 0.29) is 24.9 Å². The van der Waals surface area contributed by atoms with Crippen LogP contribution in [0.15, 0.2) is 24.3 Å². The average Bonchev–Trinajstić information content (AvgIpc) is 3.13. The largest absolute Gasteiger partial charge is 0.497 e. The molecule has 1 saturated heterocycles. The Morgan fingerprint density at radius 3 is 2.36 bits per heavy atom. The first-order valence-corrected chi connectivity index (χ1v) is 9.41. The van der Waals surface area contributed by atoms with Crippen LogP contribution in [0.1, 0.15) is 44.0 Å². The van der Waals surface area contributed by atoms with Crippen LogP contribution in [0.3, 0.4) is 0 Å². The Kier molecular flexibility index (Phi) is 7.25. The molecule has 0 unspecified atom stereocenters. The molecule has 1 aromatic rings. The summed E-state index contributed by atoms with van der Waals surface area (Å²) >= 11 is 0. The molecular weight excluding hydrogens is 362 g/mol. The Hall–Kier alpha value is -2.77. The maximum absolute atomic E-state index is 12.4. The summed E-state index contributed by atoms with van der Waals surface area (Å²) in [5, 5.41) is 5.52. The minimum atomic E-state index is -0.605. The smallest absolute Gasteiger partial charge is 0.410 e. The molecule has 0 bridgehead atoms. The van der Waals surface area contributed by atoms with Gasteiger partial charge in [0.1, 0.15) is 17.4 Å². The highest BCUT2D eigenvalue weighted by Gasteiger charge is 2.36. The lowest BCUT2D eigenvalue weighted by atomic mass is 10.2. The first-order valence-electron chi connectivity index (χ1n) is 9.41. The van der Waals surface area contributed by atoms with E-state index in [0.29, 0.717) is 24.3 Å². The molecule has 3 amide bonds. The van der Waals surface area contributed by atoms with Gasteiger partial charge in [0, 0.05) is 25.2 Å². The lowest BCUT2D eigenvalue weighted by Gasteiger charge is -2.28. The fraction of sp³-hybridized carbons (Fsp3) is 0.550. The SMILES string of the molecule is COc1ccc(C(=O)NCCNC(=O)[C@@H]2CCCN2C(=O)OC(C)(C)C)cc1. The van der Waals surface area contributed by atoms with E-state index in [1.54, 1.807) is 52.1 Å². The number of nitrogens with zero attached hydrogens (tertiary/aromatic N) is 1. The van der Waals surface area contributed by atoms with E-state index < -0.39 is 17.7 Å². The summed E-state index contributed by atoms with van der Waals surface area (Å²) in [4.78, 5) is 38.2. The number of carbonyl (C=O) groups is 3. The molecule has 0 spiro atoms. The van der Waals surface area contributed by atoms with Gasteiger partial charge in [0.05, 0.1) is 7.11 Å². The number of hydrogen-bond donors (Lipinski definition) is 2. The zero-order valence-corrected chi connectivity index (χ0v) is 16.9. The molecule has 1 heterocycles. The molecule has 8 nitrogen and oxygen atoms in total. The van der Waals surface area contributed by atoms with Crippen molar-refractivity contribution >= 4 is 17.9 Å². The average molecular weight is 391 g/mol. The highest BCUT2D eigenvalue weighted by Crippen LogP contribution is 2.20. The molecule has 0 aromatic heterocycles. The molecule has 1 aromatic carbocycles. The molecule has 154 valence electrons. The van der Waals surface area contributed by atoms with Gasteiger partial charge in [-0.25, -0.2) is 4.79 Å². The number of hydrogen-bond acceptors (Lipinski definition) is 5. The zero-order chi connectivity index (χ0) is 20.7. The fourth-order valence-electron chi connectivity index (χ4n) is 2.90. The molecule has 1 fully saturated rings. The van der Waals surface area contributed by atoms with Gasteiger partial charge in [-0.15, -0.1) is 0 Å². The van der Waals surface area contributed by atoms with Crippen molar-refractivity contribution in [2.75, 3.05) is 26.7 Å². The van der Waals surface area contributed by atoms with Crippen LogP contribution in [0.4, 0.5) is 4.79 Å². The Morgan fingerprint density at radius 2 is 1.75 bits per heavy atom. The van der Waals surface area contributed by atoms with Gasteiger partial charge in [-0.05, 0) is 57.9 Å². The normalized spacial score (nSPS) is 16.4. The Morgan fingerprint density at radius 1 is 1.11 bits per heavy atom. The fourth-order valence-corrected chi connectivity index (χ4v) is 2.90. The van der Waals surface area contributed by atoms with Crippen molar-refractivity contribution in [3.05, 3.63) is 29.8 Å². The first kappa shape index (κ1) is 21.5. The van der Waals surface area contributed by atoms with Crippen molar-refractivity contribution in [2.24, 2.45) is 0 Å². The summed E-state index contributed by atoms with van der Waals surface area (Å²) in [6, 6.07) is 6.23. The van der Waals surface area contributed by atoms with Crippen LogP contribution in [0.2, 0.25) is 0 Å². The van der Waals surface area contributed by atoms with Gasteiger partial charge in [-0.2, -0.15) is 0 Å². The highest BCUT2D eigenvalue weighted by atomic mass is 16.6. The minimum absolute atomic E-state index is 0.229. The van der Waals surface area contributed by atoms with E-state index in [0.717, 1.165) is 6.42 Å². The predicted octanol–water partition coefficient (Wildman–Crippen LogP) is 1.94. The summed E-state index contributed by atoms with van der Waals surface area (Å²) in [6.45, 7) is 6.45. The maximum Gasteiger partial charge on any atom is 0.410 e. The van der Waals surface area contributed by atoms with Gasteiger partial charge in [0.25, 0.3) is 5.91 Å². The van der Waals surface area contributed by atoms with Crippen molar-refractivity contribution in [1.82, 2.24) is 15.5 Å². The Balaban J connectivity index is 1.76. The van der Waals surface area contributed by atoms with Gasteiger partial charge in [-0.3, -0.25) is 14.5 Å². The van der Waals surface area contributed by atoms with Crippen molar-refractivity contribution < 1.29 is 23.9 Å². The zero-order valence-electron chi connectivity index (χ0n) is 16.9. The maximum atomic E-state index is 12.4. The van der Waals surface area contributed by atoms with Crippen LogP contribution in [0, 0.1) is 0 Å². The monoisotopic (exact) mass is 391 g/mol. The second-order valence-electron chi connectivity index (χ2n) is 7.61. The highest BCUT2D eigenvalue weighted by molar-refractivity contribution is 5.94. The molecule has 1 aliphatic heterocycles. The van der Waals surface area contributed by atoms with Gasteiger partial charge in [-0.1, -0.05) is 0 Å². The van der Waals surface area contributed by atoms with E-state index in [1.807, 2.05) is 0 Å². The number of carbonyl (C=O) groups excluding carboxylic acids is 3. The minimum Gasteiger partial charge on any atom is -0.497 e. The number of likely N-dealkylation sites (tertiary alicyclic amines) is 1. The number of nitrogens with one attached hydrogen (secondary N) is 2. The van der Waals surface area contributed by atoms with E-state index in [9.17, 15) is 14.4 Å². The summed E-state index contributed by atoms with van der Waals surface area (Å²) in [5.41, 5.74) is -0.0917. The number of ether oxygens (including phenoxy) is 2. The van der Waals surface area contributed by atoms with Crippen LogP contribution in [0.25, 0.3) is 0 Å². The van der Waals surface area contributed by atoms with E-state index in [2.05, 4.69) is 10.6 Å². The number of methoxy groups -OCH3 is 1. The van der Waals surface area contributed by atoms with Gasteiger partial charge in [0.15, 0.2) is 0 Å². The molecule has 2 N–H and O–H groups in total. The van der Waals surface area contributed by atoms with Gasteiger partial charge < -0.3 is 20.1 Å². The molecule has 1 atom stereocenters. The van der Waals surface area contributed by atoms with Crippen molar-refractivity contribution in [3.8, 4) is 5.75 Å². The lowest BCUT2D eigenvalue weighted by Crippen LogP contribution is -2.48. The van der Waals surface area contributed by atoms with E-state index in [4.69, 9.17) is 9.47 Å². The molecule has 28 heavy (non-hydrogen) atoms. The summed E-state index contributed by atoms with van der Waals surface area (Å²) in [5.74, 6) is 0.213. The lowest BCUT2D eigenvalue weighted by molar-refractivity contribution is -0.125. The standard InChI is InChI=1S/C20H29N3O5/c1-20(2,3)28-19(26)23-13-5-6-16(23)18(25)22-12-11-21-17(24)14-7-9-15(27-4)10-8-14/h7-10,16H,5-6,11-13H2,1-4H3,(H,21,24)(H,22,25)/t16-/m0/s1. The van der Waals surface area contributed by atoms with Crippen molar-refractivity contribution in [3.63, 3.8) is 0 Å². The van der Waals surface area contributed by atoms with E-state index in [1.165, 1.54) is 4.90 Å². The Bertz CT molecular complexity index is 697. The van der Waals surface area contributed by atoms with Crippen LogP contribution >= 0.6 is 0 Å². The number of amides is 3. The summed E-state index contributed by atoms with van der Waals surface area (Å²) in [7, 11) is 1.56. The van der Waals surface area contributed by atoms with Crippen LogP contribution in [-0.4, -0.2) is 61.2 Å². The molecule has 2 rings (SSSR count). The van der Waals surface area contributed by atoms with Crippen molar-refractivity contribution in [1.29, 1.82) is 0 Å².